The lowest BCUT2D eigenvalue weighted by Gasteiger charge is -2.22. The summed E-state index contributed by atoms with van der Waals surface area (Å²) in [6.45, 7) is 1.69. The van der Waals surface area contributed by atoms with E-state index < -0.39 is 0 Å². The molecule has 1 unspecified atom stereocenters. The van der Waals surface area contributed by atoms with Crippen molar-refractivity contribution in [3.05, 3.63) is 77.6 Å². The molecular weight excluding hydrogens is 330 g/mol. The van der Waals surface area contributed by atoms with Crippen LogP contribution in [0.4, 0.5) is 0 Å². The zero-order valence-corrected chi connectivity index (χ0v) is 14.2. The SMILES string of the molecule is O=C(NCC1OCCc2cn(Cc3ccccc3)nc21)c1cnccn1. The third kappa shape index (κ3) is 3.62. The molecule has 7 nitrogen and oxygen atoms in total. The van der Waals surface area contributed by atoms with Gasteiger partial charge in [-0.1, -0.05) is 30.3 Å². The first kappa shape index (κ1) is 16.4. The van der Waals surface area contributed by atoms with Crippen LogP contribution in [0.2, 0.25) is 0 Å². The number of nitrogens with one attached hydrogen (secondary N) is 1. The van der Waals surface area contributed by atoms with Crippen LogP contribution >= 0.6 is 0 Å². The van der Waals surface area contributed by atoms with Crippen LogP contribution in [0.5, 0.6) is 0 Å². The third-order valence-electron chi connectivity index (χ3n) is 4.30. The number of nitrogens with zero attached hydrogens (tertiary/aromatic N) is 4. The standard InChI is InChI=1S/C19H19N5O2/c25-19(16-10-20-7-8-21-16)22-11-17-18-15(6-9-26-17)13-24(23-18)12-14-4-2-1-3-5-14/h1-5,7-8,10,13,17H,6,9,11-12H2,(H,22,25). The summed E-state index contributed by atoms with van der Waals surface area (Å²) in [5.41, 5.74) is 3.55. The molecule has 26 heavy (non-hydrogen) atoms. The molecule has 7 heteroatoms. The molecule has 0 fully saturated rings. The van der Waals surface area contributed by atoms with E-state index in [1.165, 1.54) is 29.7 Å². The number of carbonyl (C=O) groups is 1. The van der Waals surface area contributed by atoms with Gasteiger partial charge in [-0.15, -0.1) is 0 Å². The van der Waals surface area contributed by atoms with Gasteiger partial charge in [0, 0.05) is 25.1 Å². The molecule has 0 radical (unpaired) electrons. The van der Waals surface area contributed by atoms with Gasteiger partial charge in [-0.25, -0.2) is 4.98 Å². The van der Waals surface area contributed by atoms with E-state index >= 15 is 0 Å². The average Bonchev–Trinajstić information content (AvgIpc) is 3.10. The number of fused-ring (bicyclic) bond motifs is 1. The Labute approximate surface area is 151 Å². The number of aromatic nitrogens is 4. The van der Waals surface area contributed by atoms with Gasteiger partial charge in [-0.2, -0.15) is 5.10 Å². The molecule has 1 aliphatic rings. The number of amides is 1. The highest BCUT2D eigenvalue weighted by atomic mass is 16.5. The van der Waals surface area contributed by atoms with Crippen molar-refractivity contribution in [3.8, 4) is 0 Å². The van der Waals surface area contributed by atoms with Gasteiger partial charge in [-0.3, -0.25) is 14.5 Å². The number of carbonyl (C=O) groups excluding carboxylic acids is 1. The maximum Gasteiger partial charge on any atom is 0.271 e. The summed E-state index contributed by atoms with van der Waals surface area (Å²) in [4.78, 5) is 20.1. The van der Waals surface area contributed by atoms with Gasteiger partial charge < -0.3 is 10.1 Å². The van der Waals surface area contributed by atoms with Crippen LogP contribution in [0.1, 0.15) is 33.4 Å². The number of rotatable bonds is 5. The van der Waals surface area contributed by atoms with Crippen molar-refractivity contribution in [2.24, 2.45) is 0 Å². The number of hydrogen-bond donors (Lipinski definition) is 1. The van der Waals surface area contributed by atoms with Gasteiger partial charge in [0.2, 0.25) is 0 Å². The molecule has 4 rings (SSSR count). The van der Waals surface area contributed by atoms with E-state index in [0.29, 0.717) is 19.7 Å². The first-order chi connectivity index (χ1) is 12.8. The fraction of sp³-hybridized carbons (Fsp3) is 0.263. The molecule has 0 bridgehead atoms. The quantitative estimate of drug-likeness (QED) is 0.759. The summed E-state index contributed by atoms with van der Waals surface area (Å²) < 4.78 is 7.76. The van der Waals surface area contributed by atoms with Crippen molar-refractivity contribution in [2.45, 2.75) is 19.1 Å². The van der Waals surface area contributed by atoms with Gasteiger partial charge in [-0.05, 0) is 17.5 Å². The van der Waals surface area contributed by atoms with Crippen LogP contribution in [0.15, 0.2) is 55.1 Å². The Bertz CT molecular complexity index is 879. The monoisotopic (exact) mass is 349 g/mol. The van der Waals surface area contributed by atoms with Crippen molar-refractivity contribution in [1.82, 2.24) is 25.1 Å². The topological polar surface area (TPSA) is 81.9 Å². The summed E-state index contributed by atoms with van der Waals surface area (Å²) in [5.74, 6) is -0.266. The first-order valence-corrected chi connectivity index (χ1v) is 8.55. The maximum atomic E-state index is 12.2. The van der Waals surface area contributed by atoms with E-state index in [1.54, 1.807) is 0 Å². The average molecular weight is 349 g/mol. The van der Waals surface area contributed by atoms with Gasteiger partial charge in [0.1, 0.15) is 11.8 Å². The highest BCUT2D eigenvalue weighted by Gasteiger charge is 2.25. The number of hydrogen-bond acceptors (Lipinski definition) is 5. The van der Waals surface area contributed by atoms with Crippen molar-refractivity contribution < 1.29 is 9.53 Å². The number of ether oxygens (including phenoxy) is 1. The summed E-state index contributed by atoms with van der Waals surface area (Å²) in [6.07, 6.45) is 7.12. The minimum Gasteiger partial charge on any atom is -0.370 e. The molecule has 1 aromatic carbocycles. The molecule has 2 aromatic heterocycles. The fourth-order valence-corrected chi connectivity index (χ4v) is 3.03. The van der Waals surface area contributed by atoms with E-state index in [0.717, 1.165) is 12.1 Å². The van der Waals surface area contributed by atoms with Crippen molar-refractivity contribution >= 4 is 5.91 Å². The molecule has 0 saturated carbocycles. The summed E-state index contributed by atoms with van der Waals surface area (Å²) in [6, 6.07) is 10.2. The lowest BCUT2D eigenvalue weighted by Crippen LogP contribution is -2.32. The normalized spacial score (nSPS) is 16.1. The minimum absolute atomic E-state index is 0.253. The van der Waals surface area contributed by atoms with Gasteiger partial charge >= 0.3 is 0 Å². The molecule has 132 valence electrons. The highest BCUT2D eigenvalue weighted by molar-refractivity contribution is 5.91. The predicted octanol–water partition coefficient (Wildman–Crippen LogP) is 1.77. The molecule has 1 amide bonds. The molecule has 1 N–H and O–H groups in total. The van der Waals surface area contributed by atoms with Crippen molar-refractivity contribution in [2.75, 3.05) is 13.2 Å². The molecule has 0 aliphatic carbocycles. The summed E-state index contributed by atoms with van der Waals surface area (Å²) in [5, 5.41) is 7.54. The Hall–Kier alpha value is -3.06. The van der Waals surface area contributed by atoms with Crippen LogP contribution in [0, 0.1) is 0 Å². The van der Waals surface area contributed by atoms with Crippen LogP contribution in [0.25, 0.3) is 0 Å². The van der Waals surface area contributed by atoms with E-state index in [1.807, 2.05) is 22.9 Å². The second-order valence-corrected chi connectivity index (χ2v) is 6.13. The largest absolute Gasteiger partial charge is 0.370 e. The zero-order chi connectivity index (χ0) is 17.8. The zero-order valence-electron chi connectivity index (χ0n) is 14.2. The van der Waals surface area contributed by atoms with Crippen LogP contribution < -0.4 is 5.32 Å². The van der Waals surface area contributed by atoms with E-state index in [-0.39, 0.29) is 17.7 Å². The first-order valence-electron chi connectivity index (χ1n) is 8.55. The maximum absolute atomic E-state index is 12.2. The summed E-state index contributed by atoms with van der Waals surface area (Å²) in [7, 11) is 0. The van der Waals surface area contributed by atoms with E-state index in [9.17, 15) is 4.79 Å². The molecule has 0 spiro atoms. The predicted molar refractivity (Wildman–Crippen MR) is 94.5 cm³/mol. The lowest BCUT2D eigenvalue weighted by atomic mass is 10.1. The smallest absolute Gasteiger partial charge is 0.271 e. The Kier molecular flexibility index (Phi) is 4.70. The molecular formula is C19H19N5O2. The lowest BCUT2D eigenvalue weighted by molar-refractivity contribution is 0.0383. The highest BCUT2D eigenvalue weighted by Crippen LogP contribution is 2.25. The molecule has 1 aliphatic heterocycles. The molecule has 0 saturated heterocycles. The van der Waals surface area contributed by atoms with Crippen molar-refractivity contribution in [3.63, 3.8) is 0 Å². The Morgan fingerprint density at radius 3 is 2.96 bits per heavy atom. The van der Waals surface area contributed by atoms with Crippen LogP contribution in [-0.4, -0.2) is 38.8 Å². The Balaban J connectivity index is 1.44. The third-order valence-corrected chi connectivity index (χ3v) is 4.30. The van der Waals surface area contributed by atoms with E-state index in [2.05, 4.69) is 33.6 Å². The fourth-order valence-electron chi connectivity index (χ4n) is 3.03. The van der Waals surface area contributed by atoms with E-state index in [4.69, 9.17) is 9.84 Å². The minimum atomic E-state index is -0.266. The van der Waals surface area contributed by atoms with Crippen LogP contribution in [-0.2, 0) is 17.7 Å². The second kappa shape index (κ2) is 7.45. The molecule has 3 heterocycles. The summed E-state index contributed by atoms with van der Waals surface area (Å²) >= 11 is 0. The van der Waals surface area contributed by atoms with Gasteiger partial charge in [0.05, 0.1) is 25.0 Å². The molecule has 3 aromatic rings. The van der Waals surface area contributed by atoms with Gasteiger partial charge in [0.25, 0.3) is 5.91 Å². The van der Waals surface area contributed by atoms with Crippen molar-refractivity contribution in [1.29, 1.82) is 0 Å². The van der Waals surface area contributed by atoms with Crippen LogP contribution in [0.3, 0.4) is 0 Å². The Morgan fingerprint density at radius 2 is 2.15 bits per heavy atom. The Morgan fingerprint density at radius 1 is 1.27 bits per heavy atom. The number of benzene rings is 1. The molecule has 1 atom stereocenters. The second-order valence-electron chi connectivity index (χ2n) is 6.13. The van der Waals surface area contributed by atoms with Gasteiger partial charge in [0.15, 0.2) is 0 Å².